The van der Waals surface area contributed by atoms with Crippen LogP contribution in [0.5, 0.6) is 5.75 Å². The average Bonchev–Trinajstić information content (AvgIpc) is 3.14. The molecule has 0 bridgehead atoms. The van der Waals surface area contributed by atoms with Gasteiger partial charge < -0.3 is 19.2 Å². The number of nitrogens with one attached hydrogen (secondary N) is 1. The van der Waals surface area contributed by atoms with Crippen molar-refractivity contribution in [3.63, 3.8) is 0 Å². The molecular weight excluding hydrogens is 406 g/mol. The van der Waals surface area contributed by atoms with E-state index in [0.717, 1.165) is 5.56 Å². The van der Waals surface area contributed by atoms with E-state index in [-0.39, 0.29) is 12.5 Å². The molecule has 1 heterocycles. The number of ether oxygens (including phenoxy) is 2. The quantitative estimate of drug-likeness (QED) is 0.379. The highest BCUT2D eigenvalue weighted by atomic mass is 16.5. The monoisotopic (exact) mass is 429 g/mol. The summed E-state index contributed by atoms with van der Waals surface area (Å²) in [6.45, 7) is 4.13. The van der Waals surface area contributed by atoms with Gasteiger partial charge in [0.15, 0.2) is 0 Å². The topological polar surface area (TPSA) is 77.8 Å². The Labute approximate surface area is 185 Å². The van der Waals surface area contributed by atoms with Crippen LogP contribution < -0.4 is 10.1 Å². The van der Waals surface area contributed by atoms with E-state index in [9.17, 15) is 9.59 Å². The molecule has 1 amide bonds. The average molecular weight is 429 g/mol. The van der Waals surface area contributed by atoms with E-state index >= 15 is 0 Å². The summed E-state index contributed by atoms with van der Waals surface area (Å²) in [6, 6.07) is 22.0. The van der Waals surface area contributed by atoms with E-state index in [1.807, 2.05) is 36.4 Å². The molecule has 0 unspecified atom stereocenters. The van der Waals surface area contributed by atoms with Crippen molar-refractivity contribution in [3.05, 3.63) is 95.2 Å². The van der Waals surface area contributed by atoms with Crippen LogP contribution in [-0.4, -0.2) is 18.5 Å². The van der Waals surface area contributed by atoms with Crippen molar-refractivity contribution in [2.45, 2.75) is 20.5 Å². The Hall–Kier alpha value is -4.06. The zero-order valence-electron chi connectivity index (χ0n) is 17.9. The van der Waals surface area contributed by atoms with Crippen molar-refractivity contribution in [3.8, 4) is 5.75 Å². The van der Waals surface area contributed by atoms with E-state index in [1.165, 1.54) is 0 Å². The minimum Gasteiger partial charge on any atom is -0.489 e. The fourth-order valence-electron chi connectivity index (χ4n) is 3.48. The maximum Gasteiger partial charge on any atom is 0.340 e. The molecule has 3 aromatic carbocycles. The SMILES string of the molecule is CCOC(=O)c1ccccc1NC(=O)c1c(C)oc2ccc(OCc3ccccc3)cc12. The highest BCUT2D eigenvalue weighted by molar-refractivity contribution is 6.15. The van der Waals surface area contributed by atoms with E-state index in [2.05, 4.69) is 5.32 Å². The van der Waals surface area contributed by atoms with Crippen LogP contribution in [0.25, 0.3) is 11.0 Å². The van der Waals surface area contributed by atoms with Crippen molar-refractivity contribution in [1.29, 1.82) is 0 Å². The first-order valence-corrected chi connectivity index (χ1v) is 10.3. The third-order valence-electron chi connectivity index (χ3n) is 4.98. The lowest BCUT2D eigenvalue weighted by atomic mass is 10.1. The summed E-state index contributed by atoms with van der Waals surface area (Å²) in [4.78, 5) is 25.4. The molecular formula is C26H23NO5. The summed E-state index contributed by atoms with van der Waals surface area (Å²) in [5.41, 5.74) is 2.69. The third-order valence-corrected chi connectivity index (χ3v) is 4.98. The number of rotatable bonds is 7. The van der Waals surface area contributed by atoms with Crippen molar-refractivity contribution in [1.82, 2.24) is 0 Å². The smallest absolute Gasteiger partial charge is 0.340 e. The van der Waals surface area contributed by atoms with Gasteiger partial charge in [-0.2, -0.15) is 0 Å². The lowest BCUT2D eigenvalue weighted by Crippen LogP contribution is -2.16. The normalized spacial score (nSPS) is 10.7. The van der Waals surface area contributed by atoms with Crippen LogP contribution in [0.3, 0.4) is 0 Å². The maximum atomic E-state index is 13.2. The number of hydrogen-bond donors (Lipinski definition) is 1. The van der Waals surface area contributed by atoms with Crippen molar-refractivity contribution in [2.24, 2.45) is 0 Å². The number of amides is 1. The molecule has 1 N–H and O–H groups in total. The number of carbonyl (C=O) groups excluding carboxylic acids is 2. The van der Waals surface area contributed by atoms with Gasteiger partial charge in [0, 0.05) is 5.39 Å². The molecule has 1 aromatic heterocycles. The number of hydrogen-bond acceptors (Lipinski definition) is 5. The molecule has 0 aliphatic rings. The Balaban J connectivity index is 1.60. The molecule has 4 rings (SSSR count). The molecule has 0 spiro atoms. The Morgan fingerprint density at radius 2 is 1.72 bits per heavy atom. The van der Waals surface area contributed by atoms with Gasteiger partial charge in [-0.1, -0.05) is 42.5 Å². The third kappa shape index (κ3) is 4.49. The molecule has 6 nitrogen and oxygen atoms in total. The van der Waals surface area contributed by atoms with Crippen LogP contribution in [0.15, 0.2) is 77.2 Å². The largest absolute Gasteiger partial charge is 0.489 e. The van der Waals surface area contributed by atoms with Gasteiger partial charge in [-0.25, -0.2) is 4.79 Å². The second-order valence-corrected chi connectivity index (χ2v) is 7.19. The number of carbonyl (C=O) groups is 2. The first kappa shape index (κ1) is 21.2. The van der Waals surface area contributed by atoms with Gasteiger partial charge >= 0.3 is 5.97 Å². The van der Waals surface area contributed by atoms with E-state index < -0.39 is 5.97 Å². The highest BCUT2D eigenvalue weighted by Crippen LogP contribution is 2.30. The molecule has 6 heteroatoms. The second-order valence-electron chi connectivity index (χ2n) is 7.19. The zero-order chi connectivity index (χ0) is 22.5. The van der Waals surface area contributed by atoms with Crippen LogP contribution >= 0.6 is 0 Å². The Morgan fingerprint density at radius 1 is 0.969 bits per heavy atom. The number of para-hydroxylation sites is 1. The minimum atomic E-state index is -0.492. The van der Waals surface area contributed by atoms with Gasteiger partial charge in [-0.05, 0) is 49.7 Å². The fraction of sp³-hybridized carbons (Fsp3) is 0.154. The summed E-state index contributed by atoms with van der Waals surface area (Å²) in [7, 11) is 0. The van der Waals surface area contributed by atoms with Crippen LogP contribution in [0, 0.1) is 6.92 Å². The van der Waals surface area contributed by atoms with Gasteiger partial charge in [0.1, 0.15) is 23.7 Å². The van der Waals surface area contributed by atoms with E-state index in [0.29, 0.717) is 45.9 Å². The highest BCUT2D eigenvalue weighted by Gasteiger charge is 2.21. The lowest BCUT2D eigenvalue weighted by molar-refractivity contribution is 0.0527. The van der Waals surface area contributed by atoms with E-state index in [4.69, 9.17) is 13.9 Å². The van der Waals surface area contributed by atoms with E-state index in [1.54, 1.807) is 50.2 Å². The maximum absolute atomic E-state index is 13.2. The zero-order valence-corrected chi connectivity index (χ0v) is 17.9. The van der Waals surface area contributed by atoms with Crippen LogP contribution in [0.1, 0.15) is 39.0 Å². The Morgan fingerprint density at radius 3 is 2.50 bits per heavy atom. The first-order chi connectivity index (χ1) is 15.6. The van der Waals surface area contributed by atoms with Crippen molar-refractivity contribution in [2.75, 3.05) is 11.9 Å². The molecule has 162 valence electrons. The first-order valence-electron chi connectivity index (χ1n) is 10.3. The molecule has 0 fully saturated rings. The minimum absolute atomic E-state index is 0.248. The molecule has 4 aromatic rings. The second kappa shape index (κ2) is 9.39. The molecule has 0 aliphatic carbocycles. The molecule has 0 saturated carbocycles. The predicted molar refractivity (Wildman–Crippen MR) is 122 cm³/mol. The number of esters is 1. The molecule has 0 radical (unpaired) electrons. The summed E-state index contributed by atoms with van der Waals surface area (Å²) in [5, 5.41) is 3.46. The van der Waals surface area contributed by atoms with Crippen LogP contribution in [-0.2, 0) is 11.3 Å². The van der Waals surface area contributed by atoms with Gasteiger partial charge in [0.2, 0.25) is 0 Å². The standard InChI is InChI=1S/C26H23NO5/c1-3-30-26(29)20-11-7-8-12-22(20)27-25(28)24-17(2)32-23-14-13-19(15-21(23)24)31-16-18-9-5-4-6-10-18/h4-15H,3,16H2,1-2H3,(H,27,28). The van der Waals surface area contributed by atoms with Gasteiger partial charge in [0.25, 0.3) is 5.91 Å². The van der Waals surface area contributed by atoms with Crippen LogP contribution in [0.4, 0.5) is 5.69 Å². The molecule has 32 heavy (non-hydrogen) atoms. The summed E-state index contributed by atoms with van der Waals surface area (Å²) in [5.74, 6) is 0.237. The Bertz CT molecular complexity index is 1260. The van der Waals surface area contributed by atoms with Gasteiger partial charge in [-0.15, -0.1) is 0 Å². The van der Waals surface area contributed by atoms with Crippen molar-refractivity contribution >= 4 is 28.5 Å². The fourth-order valence-corrected chi connectivity index (χ4v) is 3.48. The lowest BCUT2D eigenvalue weighted by Gasteiger charge is -2.10. The molecule has 0 aliphatic heterocycles. The van der Waals surface area contributed by atoms with Gasteiger partial charge in [0.05, 0.1) is 23.4 Å². The number of anilines is 1. The Kier molecular flexibility index (Phi) is 6.22. The summed E-state index contributed by atoms with van der Waals surface area (Å²) in [6.07, 6.45) is 0. The number of aryl methyl sites for hydroxylation is 1. The van der Waals surface area contributed by atoms with Crippen molar-refractivity contribution < 1.29 is 23.5 Å². The van der Waals surface area contributed by atoms with Gasteiger partial charge in [-0.3, -0.25) is 4.79 Å². The number of fused-ring (bicyclic) bond motifs is 1. The molecule has 0 atom stereocenters. The molecule has 0 saturated heterocycles. The summed E-state index contributed by atoms with van der Waals surface area (Å²) >= 11 is 0. The summed E-state index contributed by atoms with van der Waals surface area (Å²) < 4.78 is 16.8. The number of benzene rings is 3. The number of furan rings is 1. The van der Waals surface area contributed by atoms with Crippen LogP contribution in [0.2, 0.25) is 0 Å². The predicted octanol–water partition coefficient (Wildman–Crippen LogP) is 5.75.